The van der Waals surface area contributed by atoms with Crippen LogP contribution in [-0.4, -0.2) is 84.4 Å². The van der Waals surface area contributed by atoms with Gasteiger partial charge in [-0.3, -0.25) is 14.4 Å². The number of aliphatic hydroxyl groups is 1. The minimum absolute atomic E-state index is 0.132. The predicted octanol–water partition coefficient (Wildman–Crippen LogP) is 3.95. The van der Waals surface area contributed by atoms with Gasteiger partial charge in [-0.05, 0) is 69.7 Å². The van der Waals surface area contributed by atoms with E-state index in [2.05, 4.69) is 31.9 Å². The second-order valence-corrected chi connectivity index (χ2v) is 11.8. The molecular formula is C33H47N3O6. The zero-order valence-electron chi connectivity index (χ0n) is 25.5. The van der Waals surface area contributed by atoms with Crippen molar-refractivity contribution in [1.29, 1.82) is 0 Å². The maximum Gasteiger partial charge on any atom is 0.312 e. The van der Waals surface area contributed by atoms with Crippen molar-refractivity contribution in [3.8, 4) is 0 Å². The third kappa shape index (κ3) is 5.49. The van der Waals surface area contributed by atoms with Crippen LogP contribution in [0.1, 0.15) is 53.4 Å². The van der Waals surface area contributed by atoms with Crippen LogP contribution in [0.2, 0.25) is 0 Å². The number of unbranched alkanes of at least 4 members (excludes halogenated alkanes) is 1. The van der Waals surface area contributed by atoms with Crippen LogP contribution in [0.15, 0.2) is 49.6 Å². The zero-order chi connectivity index (χ0) is 30.6. The van der Waals surface area contributed by atoms with Gasteiger partial charge in [-0.1, -0.05) is 26.0 Å². The van der Waals surface area contributed by atoms with Gasteiger partial charge in [0.1, 0.15) is 11.6 Å². The fourth-order valence-electron chi connectivity index (χ4n) is 7.14. The van der Waals surface area contributed by atoms with E-state index < -0.39 is 41.6 Å². The lowest BCUT2D eigenvalue weighted by atomic mass is 9.70. The Bertz CT molecular complexity index is 1150. The first-order valence-corrected chi connectivity index (χ1v) is 15.4. The van der Waals surface area contributed by atoms with Crippen LogP contribution < -0.4 is 9.80 Å². The number of esters is 1. The number of hydrogen-bond donors (Lipinski definition) is 1. The molecule has 3 saturated heterocycles. The average Bonchev–Trinajstić information content (AvgIpc) is 3.63. The Hall–Kier alpha value is -3.17. The van der Waals surface area contributed by atoms with Gasteiger partial charge in [-0.25, -0.2) is 0 Å². The molecule has 0 saturated carbocycles. The minimum atomic E-state index is -1.17. The highest BCUT2D eigenvalue weighted by Crippen LogP contribution is 2.59. The average molecular weight is 582 g/mol. The molecular weight excluding hydrogens is 534 g/mol. The van der Waals surface area contributed by atoms with Crippen molar-refractivity contribution in [2.75, 3.05) is 42.6 Å². The van der Waals surface area contributed by atoms with Gasteiger partial charge in [-0.2, -0.15) is 0 Å². The van der Waals surface area contributed by atoms with Crippen molar-refractivity contribution >= 4 is 29.2 Å². The Morgan fingerprint density at radius 2 is 1.83 bits per heavy atom. The number of aliphatic hydroxyl groups excluding tert-OH is 1. The number of amides is 2. The van der Waals surface area contributed by atoms with Crippen LogP contribution in [0.25, 0.3) is 0 Å². The van der Waals surface area contributed by atoms with E-state index in [0.29, 0.717) is 24.9 Å². The van der Waals surface area contributed by atoms with Crippen LogP contribution in [-0.2, 0) is 23.9 Å². The lowest BCUT2D eigenvalue weighted by Crippen LogP contribution is -2.59. The van der Waals surface area contributed by atoms with E-state index in [1.165, 1.54) is 4.90 Å². The molecule has 0 aromatic heterocycles. The molecule has 230 valence electrons. The predicted molar refractivity (Wildman–Crippen MR) is 163 cm³/mol. The summed E-state index contributed by atoms with van der Waals surface area (Å²) >= 11 is 0. The van der Waals surface area contributed by atoms with E-state index in [4.69, 9.17) is 9.47 Å². The monoisotopic (exact) mass is 581 g/mol. The summed E-state index contributed by atoms with van der Waals surface area (Å²) in [5, 5.41) is 10.5. The number of rotatable bonds is 15. The maximum absolute atomic E-state index is 14.7. The van der Waals surface area contributed by atoms with Crippen molar-refractivity contribution < 1.29 is 29.0 Å². The van der Waals surface area contributed by atoms with E-state index in [1.54, 1.807) is 17.1 Å². The van der Waals surface area contributed by atoms with E-state index >= 15 is 0 Å². The quantitative estimate of drug-likeness (QED) is 0.190. The number of benzene rings is 1. The number of ether oxygens (including phenoxy) is 2. The van der Waals surface area contributed by atoms with Gasteiger partial charge in [0.15, 0.2) is 0 Å². The molecule has 1 N–H and O–H groups in total. The van der Waals surface area contributed by atoms with Gasteiger partial charge < -0.3 is 29.3 Å². The Labute approximate surface area is 250 Å². The summed E-state index contributed by atoms with van der Waals surface area (Å²) in [5.74, 6) is -2.86. The highest BCUT2D eigenvalue weighted by atomic mass is 16.6. The highest BCUT2D eigenvalue weighted by Gasteiger charge is 2.75. The fourth-order valence-corrected chi connectivity index (χ4v) is 7.14. The van der Waals surface area contributed by atoms with Crippen molar-refractivity contribution in [1.82, 2.24) is 4.90 Å². The molecule has 2 amide bonds. The first kappa shape index (κ1) is 31.8. The Morgan fingerprint density at radius 3 is 2.40 bits per heavy atom. The molecule has 3 aliphatic rings. The standard InChI is InChI=1S/C33H47N3O6/c1-7-11-12-20-41-32(40)27-26-17-18-33(42-26)28(27)30(38)36(25(21-37)22(5)6)29(33)31(39)35(19-8-2)24-15-13-23(14-16-24)34(9-3)10-4/h7-8,13-16,22,25-29,37H,1-2,9-12,17-21H2,3-6H3/t25-,26+,27-,28-,29?,33?/m0/s1. The number of carbonyl (C=O) groups is 3. The molecule has 0 aliphatic carbocycles. The number of hydrogen-bond acceptors (Lipinski definition) is 7. The number of carbonyl (C=O) groups excluding carboxylic acids is 3. The van der Waals surface area contributed by atoms with Crippen LogP contribution >= 0.6 is 0 Å². The summed E-state index contributed by atoms with van der Waals surface area (Å²) in [6.07, 6.45) is 5.33. The summed E-state index contributed by atoms with van der Waals surface area (Å²) in [6, 6.07) is 6.19. The lowest BCUT2D eigenvalue weighted by molar-refractivity contribution is -0.156. The molecule has 2 unspecified atom stereocenters. The molecule has 1 aromatic carbocycles. The summed E-state index contributed by atoms with van der Waals surface area (Å²) < 4.78 is 12.2. The maximum atomic E-state index is 14.7. The molecule has 6 atom stereocenters. The number of allylic oxidation sites excluding steroid dienone is 1. The molecule has 3 aliphatic heterocycles. The normalized spacial score (nSPS) is 26.7. The zero-order valence-corrected chi connectivity index (χ0v) is 25.5. The third-order valence-corrected chi connectivity index (χ3v) is 9.22. The van der Waals surface area contributed by atoms with E-state index in [0.717, 1.165) is 25.2 Å². The molecule has 9 nitrogen and oxygen atoms in total. The fraction of sp³-hybridized carbons (Fsp3) is 0.606. The van der Waals surface area contributed by atoms with Gasteiger partial charge in [0.25, 0.3) is 5.91 Å². The Balaban J connectivity index is 1.73. The number of likely N-dealkylation sites (tertiary alicyclic amines) is 1. The third-order valence-electron chi connectivity index (χ3n) is 9.22. The minimum Gasteiger partial charge on any atom is -0.465 e. The van der Waals surface area contributed by atoms with Crippen LogP contribution in [0.5, 0.6) is 0 Å². The highest BCUT2D eigenvalue weighted by molar-refractivity contribution is 6.05. The van der Waals surface area contributed by atoms with E-state index in [9.17, 15) is 19.5 Å². The number of fused-ring (bicyclic) bond motifs is 1. The molecule has 4 rings (SSSR count). The largest absolute Gasteiger partial charge is 0.465 e. The second-order valence-electron chi connectivity index (χ2n) is 11.8. The van der Waals surface area contributed by atoms with Crippen LogP contribution in [0.3, 0.4) is 0 Å². The van der Waals surface area contributed by atoms with Crippen molar-refractivity contribution in [2.45, 2.75) is 77.2 Å². The molecule has 1 spiro atoms. The first-order valence-electron chi connectivity index (χ1n) is 15.4. The lowest BCUT2D eigenvalue weighted by Gasteiger charge is -2.40. The van der Waals surface area contributed by atoms with Gasteiger partial charge in [0, 0.05) is 31.0 Å². The SMILES string of the molecule is C=CCCCOC(=O)[C@@H]1[C@H]2C(=O)N([C@@H](CO)C(C)C)C(C(=O)N(CC=C)c3ccc(N(CC)CC)cc3)C23CC[C@H]1O3. The summed E-state index contributed by atoms with van der Waals surface area (Å²) in [6.45, 7) is 17.5. The topological polar surface area (TPSA) is 99.6 Å². The van der Waals surface area contributed by atoms with E-state index in [1.807, 2.05) is 38.1 Å². The Kier molecular flexibility index (Phi) is 10.1. The molecule has 0 radical (unpaired) electrons. The van der Waals surface area contributed by atoms with Crippen LogP contribution in [0, 0.1) is 17.8 Å². The summed E-state index contributed by atoms with van der Waals surface area (Å²) in [5.41, 5.74) is 0.560. The van der Waals surface area contributed by atoms with Crippen molar-refractivity contribution in [3.05, 3.63) is 49.6 Å². The summed E-state index contributed by atoms with van der Waals surface area (Å²) in [4.78, 5) is 47.8. The Morgan fingerprint density at radius 1 is 1.17 bits per heavy atom. The summed E-state index contributed by atoms with van der Waals surface area (Å²) in [7, 11) is 0. The molecule has 3 heterocycles. The number of nitrogens with zero attached hydrogens (tertiary/aromatic N) is 3. The van der Waals surface area contributed by atoms with E-state index in [-0.39, 0.29) is 37.5 Å². The van der Waals surface area contributed by atoms with Gasteiger partial charge in [-0.15, -0.1) is 13.2 Å². The number of anilines is 2. The van der Waals surface area contributed by atoms with Gasteiger partial charge in [0.2, 0.25) is 5.91 Å². The molecule has 42 heavy (non-hydrogen) atoms. The molecule has 3 fully saturated rings. The first-order chi connectivity index (χ1) is 20.2. The molecule has 1 aromatic rings. The second kappa shape index (κ2) is 13.4. The van der Waals surface area contributed by atoms with Gasteiger partial charge in [0.05, 0.1) is 37.2 Å². The van der Waals surface area contributed by atoms with Crippen molar-refractivity contribution in [3.63, 3.8) is 0 Å². The molecule has 9 heteroatoms. The molecule has 2 bridgehead atoms. The smallest absolute Gasteiger partial charge is 0.312 e. The van der Waals surface area contributed by atoms with Crippen molar-refractivity contribution in [2.24, 2.45) is 17.8 Å². The van der Waals surface area contributed by atoms with Gasteiger partial charge >= 0.3 is 5.97 Å². The van der Waals surface area contributed by atoms with Crippen LogP contribution in [0.4, 0.5) is 11.4 Å².